The highest BCUT2D eigenvalue weighted by Crippen LogP contribution is 2.28. The monoisotopic (exact) mass is 267 g/mol. The average Bonchev–Trinajstić information content (AvgIpc) is 2.35. The summed E-state index contributed by atoms with van der Waals surface area (Å²) >= 11 is 6.12. The number of nitrogens with zero attached hydrogens (tertiary/aromatic N) is 2. The van der Waals surface area contributed by atoms with E-state index >= 15 is 0 Å². The SMILES string of the molecule is Cc1ccc(Cl)cc1N1CC(C)N(C)CC1CN. The number of likely N-dealkylation sites (N-methyl/N-ethyl adjacent to an activating group) is 1. The first-order chi connectivity index (χ1) is 8.52. The van der Waals surface area contributed by atoms with Gasteiger partial charge in [-0.25, -0.2) is 0 Å². The van der Waals surface area contributed by atoms with Gasteiger partial charge in [-0.15, -0.1) is 0 Å². The molecule has 1 fully saturated rings. The third kappa shape index (κ3) is 2.63. The Hall–Kier alpha value is -0.770. The summed E-state index contributed by atoms with van der Waals surface area (Å²) in [6, 6.07) is 6.97. The van der Waals surface area contributed by atoms with E-state index in [0.717, 1.165) is 18.1 Å². The summed E-state index contributed by atoms with van der Waals surface area (Å²) in [7, 11) is 2.16. The molecule has 0 saturated carbocycles. The van der Waals surface area contributed by atoms with E-state index in [4.69, 9.17) is 17.3 Å². The highest BCUT2D eigenvalue weighted by atomic mass is 35.5. The predicted octanol–water partition coefficient (Wildman–Crippen LogP) is 2.12. The summed E-state index contributed by atoms with van der Waals surface area (Å²) in [6.07, 6.45) is 0. The van der Waals surface area contributed by atoms with Crippen molar-refractivity contribution in [2.75, 3.05) is 31.6 Å². The standard InChI is InChI=1S/C14H22ClN3/c1-10-4-5-12(15)6-14(10)18-8-11(2)17(3)9-13(18)7-16/h4-6,11,13H,7-9,16H2,1-3H3. The van der Waals surface area contributed by atoms with E-state index in [-0.39, 0.29) is 0 Å². The van der Waals surface area contributed by atoms with Crippen molar-refractivity contribution in [1.29, 1.82) is 0 Å². The minimum Gasteiger partial charge on any atom is -0.364 e. The van der Waals surface area contributed by atoms with Crippen molar-refractivity contribution in [3.05, 3.63) is 28.8 Å². The number of benzene rings is 1. The second kappa shape index (κ2) is 5.47. The maximum Gasteiger partial charge on any atom is 0.0540 e. The smallest absolute Gasteiger partial charge is 0.0540 e. The van der Waals surface area contributed by atoms with E-state index in [1.807, 2.05) is 6.07 Å². The fourth-order valence-corrected chi connectivity index (χ4v) is 2.74. The number of hydrogen-bond donors (Lipinski definition) is 1. The molecule has 0 amide bonds. The Balaban J connectivity index is 2.32. The lowest BCUT2D eigenvalue weighted by molar-refractivity contribution is 0.202. The average molecular weight is 268 g/mol. The first kappa shape index (κ1) is 13.7. The highest BCUT2D eigenvalue weighted by Gasteiger charge is 2.29. The van der Waals surface area contributed by atoms with Gasteiger partial charge in [0.1, 0.15) is 0 Å². The van der Waals surface area contributed by atoms with E-state index < -0.39 is 0 Å². The van der Waals surface area contributed by atoms with Crippen LogP contribution >= 0.6 is 11.6 Å². The van der Waals surface area contributed by atoms with Crippen LogP contribution < -0.4 is 10.6 Å². The normalized spacial score (nSPS) is 25.5. The third-order valence-corrected chi connectivity index (χ3v) is 4.14. The van der Waals surface area contributed by atoms with Crippen LogP contribution in [0.15, 0.2) is 18.2 Å². The van der Waals surface area contributed by atoms with Gasteiger partial charge in [-0.3, -0.25) is 4.90 Å². The first-order valence-corrected chi connectivity index (χ1v) is 6.83. The van der Waals surface area contributed by atoms with Crippen molar-refractivity contribution < 1.29 is 0 Å². The molecule has 2 rings (SSSR count). The Morgan fingerprint density at radius 1 is 1.39 bits per heavy atom. The molecule has 2 unspecified atom stereocenters. The maximum atomic E-state index is 6.12. The molecule has 4 heteroatoms. The molecule has 2 atom stereocenters. The van der Waals surface area contributed by atoms with Crippen LogP contribution in [0, 0.1) is 6.92 Å². The summed E-state index contributed by atoms with van der Waals surface area (Å²) in [5, 5.41) is 0.790. The zero-order valence-electron chi connectivity index (χ0n) is 11.4. The zero-order chi connectivity index (χ0) is 13.3. The molecular formula is C14H22ClN3. The van der Waals surface area contributed by atoms with Crippen LogP contribution in [0.25, 0.3) is 0 Å². The maximum absolute atomic E-state index is 6.12. The van der Waals surface area contributed by atoms with Gasteiger partial charge in [-0.1, -0.05) is 17.7 Å². The van der Waals surface area contributed by atoms with Crippen LogP contribution in [0.5, 0.6) is 0 Å². The third-order valence-electron chi connectivity index (χ3n) is 3.91. The largest absolute Gasteiger partial charge is 0.364 e. The van der Waals surface area contributed by atoms with Crippen molar-refractivity contribution in [2.24, 2.45) is 5.73 Å². The first-order valence-electron chi connectivity index (χ1n) is 6.46. The van der Waals surface area contributed by atoms with Crippen LogP contribution in [0.4, 0.5) is 5.69 Å². The number of rotatable bonds is 2. The van der Waals surface area contributed by atoms with Gasteiger partial charge in [0, 0.05) is 36.4 Å². The van der Waals surface area contributed by atoms with Crippen LogP contribution in [0.1, 0.15) is 12.5 Å². The van der Waals surface area contributed by atoms with Crippen molar-refractivity contribution in [3.8, 4) is 0 Å². The molecular weight excluding hydrogens is 246 g/mol. The van der Waals surface area contributed by atoms with E-state index in [0.29, 0.717) is 18.6 Å². The number of piperazine rings is 1. The summed E-state index contributed by atoms with van der Waals surface area (Å²) in [6.45, 7) is 7.05. The molecule has 1 aliphatic heterocycles. The molecule has 1 heterocycles. The van der Waals surface area contributed by atoms with Gasteiger partial charge >= 0.3 is 0 Å². The van der Waals surface area contributed by atoms with Crippen LogP contribution in [0.3, 0.4) is 0 Å². The quantitative estimate of drug-likeness (QED) is 0.891. The number of nitrogens with two attached hydrogens (primary N) is 1. The second-order valence-electron chi connectivity index (χ2n) is 5.26. The molecule has 18 heavy (non-hydrogen) atoms. The number of aryl methyl sites for hydroxylation is 1. The topological polar surface area (TPSA) is 32.5 Å². The lowest BCUT2D eigenvalue weighted by Gasteiger charge is -2.45. The molecule has 2 N–H and O–H groups in total. The summed E-state index contributed by atoms with van der Waals surface area (Å²) < 4.78 is 0. The lowest BCUT2D eigenvalue weighted by atomic mass is 10.0. The lowest BCUT2D eigenvalue weighted by Crippen LogP contribution is -2.58. The molecule has 0 aliphatic carbocycles. The Labute approximate surface area is 115 Å². The van der Waals surface area contributed by atoms with Gasteiger partial charge in [0.2, 0.25) is 0 Å². The fourth-order valence-electron chi connectivity index (χ4n) is 2.57. The van der Waals surface area contributed by atoms with E-state index in [2.05, 4.69) is 42.8 Å². The van der Waals surface area contributed by atoms with E-state index in [9.17, 15) is 0 Å². The minimum absolute atomic E-state index is 0.364. The van der Waals surface area contributed by atoms with Crippen molar-refractivity contribution in [2.45, 2.75) is 25.9 Å². The highest BCUT2D eigenvalue weighted by molar-refractivity contribution is 6.30. The van der Waals surface area contributed by atoms with Gasteiger partial charge in [-0.2, -0.15) is 0 Å². The van der Waals surface area contributed by atoms with Crippen LogP contribution in [-0.4, -0.2) is 43.7 Å². The van der Waals surface area contributed by atoms with Gasteiger partial charge < -0.3 is 10.6 Å². The molecule has 0 radical (unpaired) electrons. The number of halogens is 1. The van der Waals surface area contributed by atoms with Crippen LogP contribution in [0.2, 0.25) is 5.02 Å². The summed E-state index contributed by atoms with van der Waals surface area (Å²) in [5.74, 6) is 0. The van der Waals surface area contributed by atoms with Crippen molar-refractivity contribution >= 4 is 17.3 Å². The van der Waals surface area contributed by atoms with Gasteiger partial charge in [-0.05, 0) is 38.6 Å². The Kier molecular flexibility index (Phi) is 4.15. The van der Waals surface area contributed by atoms with E-state index in [1.54, 1.807) is 0 Å². The number of anilines is 1. The number of hydrogen-bond acceptors (Lipinski definition) is 3. The molecule has 1 aliphatic rings. The van der Waals surface area contributed by atoms with E-state index in [1.165, 1.54) is 11.3 Å². The van der Waals surface area contributed by atoms with Crippen molar-refractivity contribution in [1.82, 2.24) is 4.90 Å². The van der Waals surface area contributed by atoms with Crippen molar-refractivity contribution in [3.63, 3.8) is 0 Å². The molecule has 0 spiro atoms. The Morgan fingerprint density at radius 2 is 2.11 bits per heavy atom. The van der Waals surface area contributed by atoms with Gasteiger partial charge in [0.15, 0.2) is 0 Å². The Morgan fingerprint density at radius 3 is 2.78 bits per heavy atom. The minimum atomic E-state index is 0.364. The van der Waals surface area contributed by atoms with Crippen LogP contribution in [-0.2, 0) is 0 Å². The fraction of sp³-hybridized carbons (Fsp3) is 0.571. The predicted molar refractivity (Wildman–Crippen MR) is 78.5 cm³/mol. The molecule has 1 saturated heterocycles. The zero-order valence-corrected chi connectivity index (χ0v) is 12.1. The molecule has 3 nitrogen and oxygen atoms in total. The molecule has 1 aromatic rings. The molecule has 1 aromatic carbocycles. The summed E-state index contributed by atoms with van der Waals surface area (Å²) in [4.78, 5) is 4.78. The van der Waals surface area contributed by atoms with Gasteiger partial charge in [0.25, 0.3) is 0 Å². The van der Waals surface area contributed by atoms with Gasteiger partial charge in [0.05, 0.1) is 6.04 Å². The molecule has 0 aromatic heterocycles. The molecule has 0 bridgehead atoms. The summed E-state index contributed by atoms with van der Waals surface area (Å²) in [5.41, 5.74) is 8.40. The molecule has 100 valence electrons. The Bertz CT molecular complexity index is 422. The second-order valence-corrected chi connectivity index (χ2v) is 5.70.